The molecular weight excluding hydrogens is 374 g/mol. The maximum atomic E-state index is 9.66. The Labute approximate surface area is 182 Å². The monoisotopic (exact) mass is 413 g/mol. The summed E-state index contributed by atoms with van der Waals surface area (Å²) in [5.41, 5.74) is 2.31. The van der Waals surface area contributed by atoms with Crippen LogP contribution in [0.3, 0.4) is 0 Å². The first-order valence-corrected chi connectivity index (χ1v) is 11.6. The second-order valence-electron chi connectivity index (χ2n) is 8.97. The number of piperazine rings is 1. The summed E-state index contributed by atoms with van der Waals surface area (Å²) in [5.74, 6) is 6.07. The first kappa shape index (κ1) is 23.2. The van der Waals surface area contributed by atoms with Crippen LogP contribution < -0.4 is 0 Å². The average molecular weight is 414 g/mol. The summed E-state index contributed by atoms with van der Waals surface area (Å²) < 4.78 is 0. The smallest absolute Gasteiger partial charge is 0.0540 e. The lowest BCUT2D eigenvalue weighted by Crippen LogP contribution is -2.58. The average Bonchev–Trinajstić information content (AvgIpc) is 2.76. The van der Waals surface area contributed by atoms with Gasteiger partial charge >= 0.3 is 0 Å². The number of aliphatic hydroxyl groups is 2. The van der Waals surface area contributed by atoms with Crippen LogP contribution in [0.25, 0.3) is 0 Å². The zero-order valence-corrected chi connectivity index (χ0v) is 18.8. The lowest BCUT2D eigenvalue weighted by atomic mass is 9.97. The second kappa shape index (κ2) is 11.8. The first-order chi connectivity index (χ1) is 14.6. The Hall–Kier alpha value is -1.42. The molecule has 5 heteroatoms. The standard InChI is InChI=1S/C25H39N3O2/c1-21(2)27-13-10-24(11-14-27)28-16-15-26(20-25(28)12-18-30)19-23-8-6-22(7-9-23)5-3-4-17-29/h6-9,21,24-25,29-30H,4,10-20H2,1-2H3/t25-/m1/s1. The van der Waals surface area contributed by atoms with Crippen molar-refractivity contribution in [1.29, 1.82) is 0 Å². The van der Waals surface area contributed by atoms with Gasteiger partial charge in [-0.1, -0.05) is 24.0 Å². The molecule has 0 aromatic heterocycles. The van der Waals surface area contributed by atoms with Gasteiger partial charge in [0.05, 0.1) is 6.61 Å². The summed E-state index contributed by atoms with van der Waals surface area (Å²) in [6.07, 6.45) is 3.88. The molecule has 0 bridgehead atoms. The Morgan fingerprint density at radius 1 is 1.00 bits per heavy atom. The van der Waals surface area contributed by atoms with E-state index in [2.05, 4.69) is 64.7 Å². The number of likely N-dealkylation sites (tertiary alicyclic amines) is 1. The number of hydrogen-bond donors (Lipinski definition) is 2. The fraction of sp³-hybridized carbons (Fsp3) is 0.680. The highest BCUT2D eigenvalue weighted by atomic mass is 16.3. The van der Waals surface area contributed by atoms with Gasteiger partial charge in [-0.15, -0.1) is 0 Å². The first-order valence-electron chi connectivity index (χ1n) is 11.6. The van der Waals surface area contributed by atoms with Crippen molar-refractivity contribution < 1.29 is 10.2 Å². The molecule has 3 rings (SSSR count). The molecule has 1 aromatic rings. The molecule has 0 unspecified atom stereocenters. The number of nitrogens with zero attached hydrogens (tertiary/aromatic N) is 3. The van der Waals surface area contributed by atoms with Crippen LogP contribution in [-0.4, -0.2) is 89.0 Å². The predicted molar refractivity (Wildman–Crippen MR) is 122 cm³/mol. The van der Waals surface area contributed by atoms with Crippen LogP contribution in [-0.2, 0) is 6.54 Å². The van der Waals surface area contributed by atoms with E-state index >= 15 is 0 Å². The molecule has 0 aliphatic carbocycles. The van der Waals surface area contributed by atoms with Crippen molar-refractivity contribution in [2.24, 2.45) is 0 Å². The van der Waals surface area contributed by atoms with Gasteiger partial charge in [-0.2, -0.15) is 0 Å². The fourth-order valence-corrected chi connectivity index (χ4v) is 4.87. The third kappa shape index (κ3) is 6.54. The maximum Gasteiger partial charge on any atom is 0.0540 e. The molecule has 5 nitrogen and oxygen atoms in total. The second-order valence-corrected chi connectivity index (χ2v) is 8.97. The molecule has 0 saturated carbocycles. The van der Waals surface area contributed by atoms with Crippen LogP contribution in [0.4, 0.5) is 0 Å². The SMILES string of the molecule is CC(C)N1CCC(N2CCN(Cc3ccc(C#CCCO)cc3)C[C@H]2CCO)CC1. The summed E-state index contributed by atoms with van der Waals surface area (Å²) in [7, 11) is 0. The normalized spacial score (nSPS) is 22.2. The molecule has 1 atom stereocenters. The van der Waals surface area contributed by atoms with Crippen LogP contribution in [0, 0.1) is 11.8 Å². The number of aliphatic hydroxyl groups excluding tert-OH is 2. The quantitative estimate of drug-likeness (QED) is 0.671. The van der Waals surface area contributed by atoms with Gasteiger partial charge in [-0.3, -0.25) is 9.80 Å². The van der Waals surface area contributed by atoms with Crippen molar-refractivity contribution in [2.75, 3.05) is 45.9 Å². The molecule has 2 saturated heterocycles. The molecule has 166 valence electrons. The summed E-state index contributed by atoms with van der Waals surface area (Å²) in [4.78, 5) is 7.82. The lowest BCUT2D eigenvalue weighted by Gasteiger charge is -2.48. The Morgan fingerprint density at radius 3 is 2.37 bits per heavy atom. The highest BCUT2D eigenvalue weighted by Gasteiger charge is 2.33. The zero-order valence-electron chi connectivity index (χ0n) is 18.8. The fourth-order valence-electron chi connectivity index (χ4n) is 4.87. The summed E-state index contributed by atoms with van der Waals surface area (Å²) in [6.45, 7) is 11.5. The lowest BCUT2D eigenvalue weighted by molar-refractivity contribution is -0.0000295. The molecule has 2 aliphatic rings. The van der Waals surface area contributed by atoms with E-state index in [-0.39, 0.29) is 13.2 Å². The van der Waals surface area contributed by atoms with Gasteiger partial charge in [0.15, 0.2) is 0 Å². The molecule has 2 heterocycles. The molecule has 0 radical (unpaired) electrons. The van der Waals surface area contributed by atoms with Crippen LogP contribution in [0.1, 0.15) is 50.7 Å². The van der Waals surface area contributed by atoms with Gasteiger partial charge in [0.1, 0.15) is 0 Å². The Morgan fingerprint density at radius 2 is 1.73 bits per heavy atom. The highest BCUT2D eigenvalue weighted by molar-refractivity contribution is 5.36. The van der Waals surface area contributed by atoms with Gasteiger partial charge in [0, 0.05) is 62.9 Å². The molecular formula is C25H39N3O2. The minimum atomic E-state index is 0.114. The summed E-state index contributed by atoms with van der Waals surface area (Å²) in [6, 6.07) is 10.2. The van der Waals surface area contributed by atoms with E-state index in [9.17, 15) is 5.11 Å². The highest BCUT2D eigenvalue weighted by Crippen LogP contribution is 2.25. The van der Waals surface area contributed by atoms with E-state index in [0.29, 0.717) is 24.5 Å². The van der Waals surface area contributed by atoms with E-state index < -0.39 is 0 Å². The molecule has 2 aliphatic heterocycles. The number of rotatable bonds is 7. The minimum absolute atomic E-state index is 0.114. The van der Waals surface area contributed by atoms with E-state index in [4.69, 9.17) is 5.11 Å². The third-order valence-corrected chi connectivity index (χ3v) is 6.60. The Balaban J connectivity index is 1.54. The Kier molecular flexibility index (Phi) is 9.17. The number of piperidine rings is 1. The van der Waals surface area contributed by atoms with Gasteiger partial charge in [0.2, 0.25) is 0 Å². The van der Waals surface area contributed by atoms with Crippen molar-refractivity contribution in [3.8, 4) is 11.8 Å². The molecule has 2 N–H and O–H groups in total. The van der Waals surface area contributed by atoms with Gasteiger partial charge in [-0.05, 0) is 63.9 Å². The molecule has 30 heavy (non-hydrogen) atoms. The van der Waals surface area contributed by atoms with Crippen molar-refractivity contribution in [1.82, 2.24) is 14.7 Å². The maximum absolute atomic E-state index is 9.66. The minimum Gasteiger partial charge on any atom is -0.396 e. The van der Waals surface area contributed by atoms with Crippen LogP contribution in [0.15, 0.2) is 24.3 Å². The number of hydrogen-bond acceptors (Lipinski definition) is 5. The zero-order chi connectivity index (χ0) is 21.3. The molecule has 0 amide bonds. The van der Waals surface area contributed by atoms with Gasteiger partial charge < -0.3 is 15.1 Å². The summed E-state index contributed by atoms with van der Waals surface area (Å²) >= 11 is 0. The van der Waals surface area contributed by atoms with Crippen molar-refractivity contribution in [2.45, 2.75) is 64.2 Å². The predicted octanol–water partition coefficient (Wildman–Crippen LogP) is 2.16. The van der Waals surface area contributed by atoms with Gasteiger partial charge in [-0.25, -0.2) is 0 Å². The van der Waals surface area contributed by atoms with Crippen LogP contribution in [0.2, 0.25) is 0 Å². The summed E-state index contributed by atoms with van der Waals surface area (Å²) in [5, 5.41) is 18.5. The van der Waals surface area contributed by atoms with Crippen molar-refractivity contribution in [3.63, 3.8) is 0 Å². The molecule has 1 aromatic carbocycles. The van der Waals surface area contributed by atoms with E-state index in [1.54, 1.807) is 0 Å². The molecule has 2 fully saturated rings. The number of benzene rings is 1. The van der Waals surface area contributed by atoms with Crippen LogP contribution in [0.5, 0.6) is 0 Å². The largest absolute Gasteiger partial charge is 0.396 e. The third-order valence-electron chi connectivity index (χ3n) is 6.60. The van der Waals surface area contributed by atoms with E-state index in [1.165, 1.54) is 31.5 Å². The van der Waals surface area contributed by atoms with Gasteiger partial charge in [0.25, 0.3) is 0 Å². The van der Waals surface area contributed by atoms with Crippen molar-refractivity contribution in [3.05, 3.63) is 35.4 Å². The van der Waals surface area contributed by atoms with E-state index in [0.717, 1.165) is 38.2 Å². The topological polar surface area (TPSA) is 50.2 Å². The van der Waals surface area contributed by atoms with Crippen LogP contribution >= 0.6 is 0 Å². The molecule has 0 spiro atoms. The Bertz CT molecular complexity index is 687. The van der Waals surface area contributed by atoms with E-state index in [1.807, 2.05) is 0 Å². The van der Waals surface area contributed by atoms with Crippen molar-refractivity contribution >= 4 is 0 Å².